The summed E-state index contributed by atoms with van der Waals surface area (Å²) in [6.07, 6.45) is 0.942. The lowest BCUT2D eigenvalue weighted by atomic mass is 10.0. The average molecular weight is 347 g/mol. The summed E-state index contributed by atoms with van der Waals surface area (Å²) in [6, 6.07) is 10.9. The van der Waals surface area contributed by atoms with E-state index in [4.69, 9.17) is 4.74 Å². The van der Waals surface area contributed by atoms with E-state index in [2.05, 4.69) is 0 Å². The third kappa shape index (κ3) is 4.58. The Bertz CT molecular complexity index is 852. The number of nitrogens with one attached hydrogen (secondary N) is 1. The van der Waals surface area contributed by atoms with Crippen LogP contribution in [-0.2, 0) is 16.6 Å². The highest BCUT2D eigenvalue weighted by Crippen LogP contribution is 2.23. The summed E-state index contributed by atoms with van der Waals surface area (Å²) in [4.78, 5) is 12.0. The highest BCUT2D eigenvalue weighted by atomic mass is 32.2. The van der Waals surface area contributed by atoms with Gasteiger partial charge >= 0.3 is 0 Å². The van der Waals surface area contributed by atoms with Crippen LogP contribution < -0.4 is 9.46 Å². The highest BCUT2D eigenvalue weighted by molar-refractivity contribution is 7.89. The Morgan fingerprint density at radius 1 is 1.04 bits per heavy atom. The van der Waals surface area contributed by atoms with Crippen LogP contribution in [0.15, 0.2) is 36.4 Å². The van der Waals surface area contributed by atoms with Crippen molar-refractivity contribution in [3.05, 3.63) is 64.2 Å². The van der Waals surface area contributed by atoms with E-state index in [9.17, 15) is 13.2 Å². The molecule has 5 nitrogen and oxygen atoms in total. The summed E-state index contributed by atoms with van der Waals surface area (Å²) in [5.74, 6) is -0.117. The second-order valence-corrected chi connectivity index (χ2v) is 7.59. The van der Waals surface area contributed by atoms with Gasteiger partial charge in [-0.15, -0.1) is 0 Å². The zero-order valence-corrected chi connectivity index (χ0v) is 15.0. The number of ether oxygens (including phenoxy) is 1. The predicted octanol–water partition coefficient (Wildman–Crippen LogP) is 2.88. The molecule has 2 aromatic carbocycles. The number of benzene rings is 2. The van der Waals surface area contributed by atoms with Crippen molar-refractivity contribution in [2.45, 2.75) is 27.4 Å². The molecule has 1 amide bonds. The van der Waals surface area contributed by atoms with Crippen LogP contribution in [0.25, 0.3) is 0 Å². The minimum atomic E-state index is -3.60. The SMILES string of the molecule is Cc1ccc(C(=O)NS(C)(=O)=O)cc1OCc1c(C)cccc1C. The number of amides is 1. The molecule has 0 radical (unpaired) electrons. The molecule has 0 saturated heterocycles. The second kappa shape index (κ2) is 7.05. The molecule has 2 aromatic rings. The molecule has 24 heavy (non-hydrogen) atoms. The molecule has 0 aliphatic heterocycles. The Labute approximate surface area is 142 Å². The number of rotatable bonds is 5. The van der Waals surface area contributed by atoms with Crippen LogP contribution in [0.3, 0.4) is 0 Å². The van der Waals surface area contributed by atoms with E-state index < -0.39 is 15.9 Å². The van der Waals surface area contributed by atoms with Crippen LogP contribution in [0, 0.1) is 20.8 Å². The van der Waals surface area contributed by atoms with Gasteiger partial charge in [0, 0.05) is 5.56 Å². The van der Waals surface area contributed by atoms with Gasteiger partial charge in [0.05, 0.1) is 6.26 Å². The van der Waals surface area contributed by atoms with Gasteiger partial charge in [0.1, 0.15) is 12.4 Å². The summed E-state index contributed by atoms with van der Waals surface area (Å²) in [7, 11) is -3.60. The maximum atomic E-state index is 12.0. The Hall–Kier alpha value is -2.34. The summed E-state index contributed by atoms with van der Waals surface area (Å²) in [5.41, 5.74) is 4.49. The lowest BCUT2D eigenvalue weighted by Gasteiger charge is -2.14. The normalized spacial score (nSPS) is 11.2. The second-order valence-electron chi connectivity index (χ2n) is 5.84. The van der Waals surface area contributed by atoms with E-state index >= 15 is 0 Å². The van der Waals surface area contributed by atoms with E-state index in [1.54, 1.807) is 18.2 Å². The topological polar surface area (TPSA) is 72.5 Å². The number of carbonyl (C=O) groups is 1. The van der Waals surface area contributed by atoms with Gasteiger partial charge in [-0.05, 0) is 55.2 Å². The third-order valence-corrected chi connectivity index (χ3v) is 4.30. The molecule has 2 rings (SSSR count). The molecule has 0 fully saturated rings. The quantitative estimate of drug-likeness (QED) is 0.903. The van der Waals surface area contributed by atoms with Crippen LogP contribution in [0.1, 0.15) is 32.6 Å². The van der Waals surface area contributed by atoms with E-state index in [-0.39, 0.29) is 5.56 Å². The summed E-state index contributed by atoms with van der Waals surface area (Å²) >= 11 is 0. The van der Waals surface area contributed by atoms with Gasteiger partial charge in [-0.1, -0.05) is 24.3 Å². The average Bonchev–Trinajstić information content (AvgIpc) is 2.46. The van der Waals surface area contributed by atoms with Gasteiger partial charge in [0.25, 0.3) is 5.91 Å². The van der Waals surface area contributed by atoms with E-state index in [0.717, 1.165) is 28.5 Å². The molecule has 0 unspecified atom stereocenters. The fourth-order valence-electron chi connectivity index (χ4n) is 2.35. The maximum Gasteiger partial charge on any atom is 0.264 e. The zero-order valence-electron chi connectivity index (χ0n) is 14.2. The van der Waals surface area contributed by atoms with Crippen molar-refractivity contribution in [2.24, 2.45) is 0 Å². The van der Waals surface area contributed by atoms with Crippen molar-refractivity contribution in [1.29, 1.82) is 0 Å². The van der Waals surface area contributed by atoms with Crippen molar-refractivity contribution < 1.29 is 17.9 Å². The lowest BCUT2D eigenvalue weighted by Crippen LogP contribution is -2.29. The Kier molecular flexibility index (Phi) is 5.29. The summed E-state index contributed by atoms with van der Waals surface area (Å²) in [6.45, 7) is 6.30. The Balaban J connectivity index is 2.22. The standard InChI is InChI=1S/C18H21NO4S/c1-12-6-5-7-13(2)16(12)11-23-17-10-15(9-8-14(17)3)18(20)19-24(4,21)22/h5-10H,11H2,1-4H3,(H,19,20). The molecule has 1 N–H and O–H groups in total. The van der Waals surface area contributed by atoms with Crippen molar-refractivity contribution >= 4 is 15.9 Å². The minimum Gasteiger partial charge on any atom is -0.489 e. The number of sulfonamides is 1. The molecule has 128 valence electrons. The zero-order chi connectivity index (χ0) is 17.9. The number of hydrogen-bond donors (Lipinski definition) is 1. The van der Waals surface area contributed by atoms with Gasteiger partial charge in [0.15, 0.2) is 0 Å². The molecule has 0 spiro atoms. The van der Waals surface area contributed by atoms with Crippen molar-refractivity contribution in [3.63, 3.8) is 0 Å². The summed E-state index contributed by atoms with van der Waals surface area (Å²) < 4.78 is 30.2. The fraction of sp³-hybridized carbons (Fsp3) is 0.278. The largest absolute Gasteiger partial charge is 0.489 e. The molecular formula is C18H21NO4S. The first-order chi connectivity index (χ1) is 11.2. The number of hydrogen-bond acceptors (Lipinski definition) is 4. The molecule has 0 aliphatic carbocycles. The van der Waals surface area contributed by atoms with E-state index in [1.165, 1.54) is 0 Å². The smallest absolute Gasteiger partial charge is 0.264 e. The molecule has 0 bridgehead atoms. The number of carbonyl (C=O) groups excluding carboxylic acids is 1. The Morgan fingerprint density at radius 3 is 2.25 bits per heavy atom. The third-order valence-electron chi connectivity index (χ3n) is 3.74. The van der Waals surface area contributed by atoms with Crippen LogP contribution in [0.2, 0.25) is 0 Å². The summed E-state index contributed by atoms with van der Waals surface area (Å²) in [5, 5.41) is 0. The van der Waals surface area contributed by atoms with Crippen LogP contribution >= 0.6 is 0 Å². The van der Waals surface area contributed by atoms with E-state index in [0.29, 0.717) is 12.4 Å². The Morgan fingerprint density at radius 2 is 1.67 bits per heavy atom. The van der Waals surface area contributed by atoms with Gasteiger partial charge in [-0.3, -0.25) is 4.79 Å². The molecule has 0 atom stereocenters. The molecule has 0 aliphatic rings. The van der Waals surface area contributed by atoms with Crippen LogP contribution in [-0.4, -0.2) is 20.6 Å². The molecule has 6 heteroatoms. The first-order valence-electron chi connectivity index (χ1n) is 7.48. The minimum absolute atomic E-state index is 0.238. The maximum absolute atomic E-state index is 12.0. The number of aryl methyl sites for hydroxylation is 3. The van der Waals surface area contributed by atoms with Crippen LogP contribution in [0.5, 0.6) is 5.75 Å². The monoisotopic (exact) mass is 347 g/mol. The molecule has 0 heterocycles. The van der Waals surface area contributed by atoms with Crippen LogP contribution in [0.4, 0.5) is 0 Å². The van der Waals surface area contributed by atoms with Crippen molar-refractivity contribution in [2.75, 3.05) is 6.26 Å². The lowest BCUT2D eigenvalue weighted by molar-refractivity contribution is 0.0981. The van der Waals surface area contributed by atoms with Gasteiger partial charge in [0.2, 0.25) is 10.0 Å². The van der Waals surface area contributed by atoms with Gasteiger partial charge in [-0.2, -0.15) is 0 Å². The molecule has 0 saturated carbocycles. The molecular weight excluding hydrogens is 326 g/mol. The fourth-order valence-corrected chi connectivity index (χ4v) is 2.81. The van der Waals surface area contributed by atoms with Crippen molar-refractivity contribution in [1.82, 2.24) is 4.72 Å². The van der Waals surface area contributed by atoms with Gasteiger partial charge in [-0.25, -0.2) is 13.1 Å². The predicted molar refractivity (Wildman–Crippen MR) is 93.7 cm³/mol. The molecule has 0 aromatic heterocycles. The first kappa shape index (κ1) is 18.0. The van der Waals surface area contributed by atoms with E-state index in [1.807, 2.05) is 43.7 Å². The van der Waals surface area contributed by atoms with Gasteiger partial charge < -0.3 is 4.74 Å². The van der Waals surface area contributed by atoms with Crippen molar-refractivity contribution in [3.8, 4) is 5.75 Å². The first-order valence-corrected chi connectivity index (χ1v) is 9.37. The highest BCUT2D eigenvalue weighted by Gasteiger charge is 2.13.